The maximum atomic E-state index is 12.3. The predicted octanol–water partition coefficient (Wildman–Crippen LogP) is 2.88. The van der Waals surface area contributed by atoms with Crippen molar-refractivity contribution in [1.82, 2.24) is 10.2 Å². The molecule has 1 aliphatic rings. The monoisotopic (exact) mass is 310 g/mol. The lowest BCUT2D eigenvalue weighted by Crippen LogP contribution is -2.55. The fourth-order valence-corrected chi connectivity index (χ4v) is 3.03. The van der Waals surface area contributed by atoms with Crippen LogP contribution in [0.15, 0.2) is 24.3 Å². The second kappa shape index (κ2) is 6.35. The van der Waals surface area contributed by atoms with Crippen LogP contribution >= 0.6 is 11.6 Å². The molecule has 1 unspecified atom stereocenters. The summed E-state index contributed by atoms with van der Waals surface area (Å²) in [4.78, 5) is 25.3. The molecule has 0 aliphatic carbocycles. The fraction of sp³-hybridized carbons (Fsp3) is 0.467. The number of benzene rings is 1. The number of hydrogen-bond acceptors (Lipinski definition) is 2. The first-order valence-electron chi connectivity index (χ1n) is 7.03. The van der Waals surface area contributed by atoms with Gasteiger partial charge in [0.25, 0.3) is 0 Å². The smallest absolute Gasteiger partial charge is 0.329 e. The van der Waals surface area contributed by atoms with Crippen LogP contribution in [0.25, 0.3) is 0 Å². The molecule has 0 aromatic heterocycles. The van der Waals surface area contributed by atoms with E-state index in [9.17, 15) is 14.7 Å². The third kappa shape index (κ3) is 2.97. The second-order valence-electron chi connectivity index (χ2n) is 5.20. The van der Waals surface area contributed by atoms with Crippen molar-refractivity contribution in [1.29, 1.82) is 0 Å². The van der Waals surface area contributed by atoms with Gasteiger partial charge in [0, 0.05) is 18.1 Å². The second-order valence-corrected chi connectivity index (χ2v) is 5.60. The molecule has 2 rings (SSSR count). The van der Waals surface area contributed by atoms with Crippen LogP contribution in [0.4, 0.5) is 4.79 Å². The van der Waals surface area contributed by atoms with E-state index >= 15 is 0 Å². The van der Waals surface area contributed by atoms with Gasteiger partial charge >= 0.3 is 12.0 Å². The normalized spacial score (nSPS) is 21.3. The first kappa shape index (κ1) is 15.6. The highest BCUT2D eigenvalue weighted by Crippen LogP contribution is 2.32. The van der Waals surface area contributed by atoms with E-state index in [0.717, 1.165) is 5.56 Å². The van der Waals surface area contributed by atoms with Crippen molar-refractivity contribution >= 4 is 23.6 Å². The van der Waals surface area contributed by atoms with Crippen molar-refractivity contribution in [3.63, 3.8) is 0 Å². The summed E-state index contributed by atoms with van der Waals surface area (Å²) >= 11 is 6.04. The lowest BCUT2D eigenvalue weighted by atomic mass is 9.93. The number of urea groups is 1. The Morgan fingerprint density at radius 1 is 1.43 bits per heavy atom. The minimum absolute atomic E-state index is 0.286. The van der Waals surface area contributed by atoms with Gasteiger partial charge < -0.3 is 15.3 Å². The number of rotatable bonds is 4. The summed E-state index contributed by atoms with van der Waals surface area (Å²) in [6.45, 7) is 2.55. The van der Waals surface area contributed by atoms with Gasteiger partial charge in [0.1, 0.15) is 5.54 Å². The van der Waals surface area contributed by atoms with Gasteiger partial charge in [-0.3, -0.25) is 0 Å². The van der Waals surface area contributed by atoms with Crippen molar-refractivity contribution in [2.24, 2.45) is 0 Å². The van der Waals surface area contributed by atoms with Gasteiger partial charge in [0.05, 0.1) is 0 Å². The molecular weight excluding hydrogens is 292 g/mol. The largest absolute Gasteiger partial charge is 0.479 e. The molecule has 1 heterocycles. The highest BCUT2D eigenvalue weighted by molar-refractivity contribution is 6.31. The Hall–Kier alpha value is -1.75. The molecule has 1 aromatic carbocycles. The molecule has 2 N–H and O–H groups in total. The summed E-state index contributed by atoms with van der Waals surface area (Å²) in [6.07, 6.45) is 1.61. The third-order valence-corrected chi connectivity index (χ3v) is 4.47. The maximum absolute atomic E-state index is 12.3. The molecule has 2 amide bonds. The van der Waals surface area contributed by atoms with E-state index in [0.29, 0.717) is 30.8 Å². The van der Waals surface area contributed by atoms with Crippen LogP contribution in [0, 0.1) is 0 Å². The Labute approximate surface area is 128 Å². The lowest BCUT2D eigenvalue weighted by Gasteiger charge is -2.33. The van der Waals surface area contributed by atoms with Crippen molar-refractivity contribution in [2.75, 3.05) is 6.54 Å². The number of carboxylic acids is 1. The summed E-state index contributed by atoms with van der Waals surface area (Å²) in [7, 11) is 0. The number of carboxylic acid groups (broad SMARTS) is 1. The summed E-state index contributed by atoms with van der Waals surface area (Å²) in [6, 6.07) is 6.90. The van der Waals surface area contributed by atoms with Gasteiger partial charge in [-0.05, 0) is 30.9 Å². The van der Waals surface area contributed by atoms with E-state index in [1.807, 2.05) is 18.2 Å². The number of carbonyl (C=O) groups is 2. The molecule has 1 atom stereocenters. The Bertz CT molecular complexity index is 549. The van der Waals surface area contributed by atoms with E-state index in [2.05, 4.69) is 5.32 Å². The molecule has 1 saturated heterocycles. The van der Waals surface area contributed by atoms with Crippen LogP contribution in [-0.2, 0) is 11.3 Å². The minimum atomic E-state index is -1.08. The minimum Gasteiger partial charge on any atom is -0.479 e. The zero-order valence-corrected chi connectivity index (χ0v) is 12.7. The van der Waals surface area contributed by atoms with Gasteiger partial charge in [-0.1, -0.05) is 36.7 Å². The molecule has 1 fully saturated rings. The number of carbonyl (C=O) groups excluding carboxylic acids is 1. The molecule has 114 valence electrons. The van der Waals surface area contributed by atoms with Gasteiger partial charge in [-0.15, -0.1) is 0 Å². The van der Waals surface area contributed by atoms with Gasteiger partial charge in [-0.25, -0.2) is 9.59 Å². The highest BCUT2D eigenvalue weighted by atomic mass is 35.5. The lowest BCUT2D eigenvalue weighted by molar-refractivity contribution is -0.148. The molecule has 0 spiro atoms. The Balaban J connectivity index is 2.06. The molecular formula is C15H19ClN2O3. The van der Waals surface area contributed by atoms with E-state index in [1.54, 1.807) is 13.0 Å². The standard InChI is InChI=1S/C15H19ClN2O3/c1-2-15(13(19)20)8-5-9-18(15)14(21)17-10-11-6-3-4-7-12(11)16/h3-4,6-7H,2,5,8-10H2,1H3,(H,17,21)(H,19,20). The number of likely N-dealkylation sites (tertiary alicyclic amines) is 1. The topological polar surface area (TPSA) is 69.6 Å². The van der Waals surface area contributed by atoms with Crippen LogP contribution in [-0.4, -0.2) is 34.1 Å². The fourth-order valence-electron chi connectivity index (χ4n) is 2.82. The van der Waals surface area contributed by atoms with Crippen LogP contribution < -0.4 is 5.32 Å². The average molecular weight is 311 g/mol. The molecule has 6 heteroatoms. The Kier molecular flexibility index (Phi) is 4.73. The summed E-state index contributed by atoms with van der Waals surface area (Å²) in [5, 5.41) is 12.8. The molecule has 0 bridgehead atoms. The maximum Gasteiger partial charge on any atom is 0.329 e. The number of amides is 2. The number of hydrogen-bond donors (Lipinski definition) is 2. The highest BCUT2D eigenvalue weighted by Gasteiger charge is 2.48. The molecule has 1 aliphatic heterocycles. The van der Waals surface area contributed by atoms with Crippen LogP contribution in [0.2, 0.25) is 5.02 Å². The number of halogens is 1. The number of aliphatic carboxylic acids is 1. The molecule has 0 radical (unpaired) electrons. The van der Waals surface area contributed by atoms with Crippen LogP contribution in [0.3, 0.4) is 0 Å². The Morgan fingerprint density at radius 3 is 2.76 bits per heavy atom. The number of nitrogens with zero attached hydrogens (tertiary/aromatic N) is 1. The molecule has 5 nitrogen and oxygen atoms in total. The van der Waals surface area contributed by atoms with E-state index < -0.39 is 11.5 Å². The van der Waals surface area contributed by atoms with E-state index in [4.69, 9.17) is 11.6 Å². The molecule has 1 aromatic rings. The van der Waals surface area contributed by atoms with E-state index in [1.165, 1.54) is 4.90 Å². The zero-order chi connectivity index (χ0) is 15.5. The van der Waals surface area contributed by atoms with Crippen LogP contribution in [0.1, 0.15) is 31.7 Å². The van der Waals surface area contributed by atoms with Crippen molar-refractivity contribution in [2.45, 2.75) is 38.3 Å². The van der Waals surface area contributed by atoms with Gasteiger partial charge in [0.2, 0.25) is 0 Å². The Morgan fingerprint density at radius 2 is 2.14 bits per heavy atom. The van der Waals surface area contributed by atoms with Crippen molar-refractivity contribution in [3.05, 3.63) is 34.9 Å². The summed E-state index contributed by atoms with van der Waals surface area (Å²) in [5.74, 6) is -0.935. The first-order chi connectivity index (χ1) is 10.0. The van der Waals surface area contributed by atoms with Crippen molar-refractivity contribution < 1.29 is 14.7 Å². The van der Waals surface area contributed by atoms with Crippen molar-refractivity contribution in [3.8, 4) is 0 Å². The van der Waals surface area contributed by atoms with Gasteiger partial charge in [-0.2, -0.15) is 0 Å². The predicted molar refractivity (Wildman–Crippen MR) is 80.3 cm³/mol. The van der Waals surface area contributed by atoms with Crippen LogP contribution in [0.5, 0.6) is 0 Å². The number of nitrogens with one attached hydrogen (secondary N) is 1. The zero-order valence-electron chi connectivity index (χ0n) is 11.9. The molecule has 0 saturated carbocycles. The van der Waals surface area contributed by atoms with Gasteiger partial charge in [0.15, 0.2) is 0 Å². The molecule has 21 heavy (non-hydrogen) atoms. The SMILES string of the molecule is CCC1(C(=O)O)CCCN1C(=O)NCc1ccccc1Cl. The average Bonchev–Trinajstić information content (AvgIpc) is 2.91. The quantitative estimate of drug-likeness (QED) is 0.898. The summed E-state index contributed by atoms with van der Waals surface area (Å²) in [5.41, 5.74) is -0.269. The third-order valence-electron chi connectivity index (χ3n) is 4.10. The summed E-state index contributed by atoms with van der Waals surface area (Å²) < 4.78 is 0. The first-order valence-corrected chi connectivity index (χ1v) is 7.41. The van der Waals surface area contributed by atoms with E-state index in [-0.39, 0.29) is 12.6 Å².